The van der Waals surface area contributed by atoms with Crippen LogP contribution in [0, 0.1) is 7.14 Å². The van der Waals surface area contributed by atoms with Crippen molar-refractivity contribution in [3.8, 4) is 33.6 Å². The van der Waals surface area contributed by atoms with Gasteiger partial charge in [0.15, 0.2) is 22.9 Å². The van der Waals surface area contributed by atoms with E-state index in [1.807, 2.05) is 135 Å². The van der Waals surface area contributed by atoms with Gasteiger partial charge in [0.1, 0.15) is 38.1 Å². The summed E-state index contributed by atoms with van der Waals surface area (Å²) in [6, 6.07) is 24.3. The highest BCUT2D eigenvalue weighted by molar-refractivity contribution is 14.1. The van der Waals surface area contributed by atoms with Gasteiger partial charge in [-0.25, -0.2) is 19.3 Å². The number of methoxy groups -OCH3 is 4. The van der Waals surface area contributed by atoms with Gasteiger partial charge in [-0.1, -0.05) is 115 Å². The van der Waals surface area contributed by atoms with E-state index in [0.29, 0.717) is 137 Å². The molecule has 114 heavy (non-hydrogen) atoms. The minimum atomic E-state index is -1.31. The van der Waals surface area contributed by atoms with Gasteiger partial charge in [-0.05, 0) is 159 Å². The van der Waals surface area contributed by atoms with E-state index in [1.54, 1.807) is 28.4 Å². The Labute approximate surface area is 705 Å². The normalized spacial score (nSPS) is 17.6. The van der Waals surface area contributed by atoms with Gasteiger partial charge in [0.25, 0.3) is 5.91 Å². The van der Waals surface area contributed by atoms with Gasteiger partial charge in [0.2, 0.25) is 18.7 Å². The number of imide groups is 1. The Bertz CT molecular complexity index is 4240. The van der Waals surface area contributed by atoms with Crippen molar-refractivity contribution in [3.63, 3.8) is 0 Å². The van der Waals surface area contributed by atoms with E-state index >= 15 is 0 Å². The minimum Gasteiger partial charge on any atom is -0.382 e. The molecule has 0 radical (unpaired) electrons. The quantitative estimate of drug-likeness (QED) is 0.0118. The van der Waals surface area contributed by atoms with Gasteiger partial charge in [0, 0.05) is 134 Å². The molecule has 2 aliphatic rings. The fourth-order valence-electron chi connectivity index (χ4n) is 13.3. The SMILES string of the molecule is COC(OC)N(C)C.COCCOC1(C(=O)NC=O)CCC(c2nc3c(-c4cnn(-c5ccccc5)c4)cnn3c(N(COCC[Si](C)(C)C)COCC[Si](C)(C)C)c2I)CC1.COCCOC1(C(N)=O)CCC(c2nc3c(-c4cnn(-c5ccccc5)c4)cnn3c(N(COCC[Si](C)(C)C)COCC[Si](C)(C)C)c2I)CC1. The number of anilines is 2. The molecule has 0 saturated heterocycles. The first-order valence-electron chi connectivity index (χ1n) is 39.4. The van der Waals surface area contributed by atoms with Crippen molar-refractivity contribution in [1.29, 1.82) is 0 Å². The third-order valence-electron chi connectivity index (χ3n) is 20.2. The van der Waals surface area contributed by atoms with E-state index in [2.05, 4.69) is 149 Å². The lowest BCUT2D eigenvalue weighted by molar-refractivity contribution is -0.179. The number of carbonyl (C=O) groups excluding carboxylic acids is 3. The fourth-order valence-corrected chi connectivity index (χ4v) is 18.6. The fraction of sp³-hybridized carbons (Fsp3) is 0.588. The van der Waals surface area contributed by atoms with Gasteiger partial charge in [-0.3, -0.25) is 24.6 Å². The van der Waals surface area contributed by atoms with Crippen LogP contribution in [0.4, 0.5) is 11.6 Å². The van der Waals surface area contributed by atoms with Gasteiger partial charge in [-0.15, -0.1) is 0 Å². The molecular weight excluding hydrogens is 1750 g/mol. The lowest BCUT2D eigenvalue weighted by Crippen LogP contribution is -2.51. The van der Waals surface area contributed by atoms with Crippen LogP contribution < -0.4 is 20.9 Å². The molecule has 0 bridgehead atoms. The smallest absolute Gasteiger partial charge is 0.258 e. The van der Waals surface area contributed by atoms with Gasteiger partial charge in [0.05, 0.1) is 81.1 Å². The molecule has 2 aliphatic carbocycles. The second kappa shape index (κ2) is 43.8. The molecule has 0 spiro atoms. The van der Waals surface area contributed by atoms with E-state index in [-0.39, 0.29) is 24.9 Å². The number of halogens is 2. The highest BCUT2D eigenvalue weighted by Crippen LogP contribution is 2.46. The zero-order valence-electron chi connectivity index (χ0n) is 70.5. The molecule has 6 aromatic heterocycles. The summed E-state index contributed by atoms with van der Waals surface area (Å²) in [7, 11) is 4.99. The maximum absolute atomic E-state index is 13.2. The van der Waals surface area contributed by atoms with Crippen LogP contribution in [-0.2, 0) is 61.8 Å². The maximum atomic E-state index is 13.2. The topological polar surface area (TPSA) is 287 Å². The monoisotopic (exact) mass is 1870 g/mol. The number of fused-ring (bicyclic) bond motifs is 2. The number of nitrogens with zero attached hydrogens (tertiary/aromatic N) is 13. The third kappa shape index (κ3) is 26.9. The number of benzene rings is 2. The molecule has 8 aromatic rings. The van der Waals surface area contributed by atoms with Crippen LogP contribution in [0.15, 0.2) is 97.8 Å². The number of amides is 3. The molecule has 34 heteroatoms. The average Bonchev–Trinajstić information content (AvgIpc) is 1.50. The number of para-hydroxylation sites is 2. The third-order valence-corrected chi connectivity index (χ3v) is 29.0. The Morgan fingerprint density at radius 2 is 0.877 bits per heavy atom. The van der Waals surface area contributed by atoms with E-state index in [1.165, 1.54) is 0 Å². The second-order valence-electron chi connectivity index (χ2n) is 34.3. The molecule has 2 fully saturated rings. The van der Waals surface area contributed by atoms with Crippen molar-refractivity contribution in [3.05, 3.63) is 116 Å². The summed E-state index contributed by atoms with van der Waals surface area (Å²) < 4.78 is 67.4. The molecule has 0 unspecified atom stereocenters. The summed E-state index contributed by atoms with van der Waals surface area (Å²) in [5, 5.41) is 21.6. The maximum Gasteiger partial charge on any atom is 0.258 e. The summed E-state index contributed by atoms with van der Waals surface area (Å²) in [6.07, 6.45) is 16.2. The number of ether oxygens (including phenoxy) is 10. The molecule has 3 N–H and O–H groups in total. The zero-order valence-corrected chi connectivity index (χ0v) is 78.8. The zero-order chi connectivity index (χ0) is 83.0. The summed E-state index contributed by atoms with van der Waals surface area (Å²) >= 11 is 4.82. The molecule has 3 amide bonds. The Morgan fingerprint density at radius 3 is 1.18 bits per heavy atom. The Kier molecular flexibility index (Phi) is 36.0. The molecule has 628 valence electrons. The number of aromatic nitrogens is 10. The Balaban J connectivity index is 0.000000260. The van der Waals surface area contributed by atoms with E-state index in [0.717, 1.165) is 93.6 Å². The van der Waals surface area contributed by atoms with Gasteiger partial charge in [-0.2, -0.15) is 29.4 Å². The number of nitrogens with one attached hydrogen (secondary N) is 1. The number of hydrogen-bond donors (Lipinski definition) is 2. The van der Waals surface area contributed by atoms with Crippen molar-refractivity contribution in [2.75, 3.05) is 132 Å². The van der Waals surface area contributed by atoms with E-state index < -0.39 is 55.3 Å². The van der Waals surface area contributed by atoms with Crippen LogP contribution in [0.5, 0.6) is 0 Å². The summed E-state index contributed by atoms with van der Waals surface area (Å²) in [4.78, 5) is 54.1. The highest BCUT2D eigenvalue weighted by Gasteiger charge is 2.46. The Hall–Kier alpha value is -5.80. The van der Waals surface area contributed by atoms with Crippen molar-refractivity contribution < 1.29 is 61.8 Å². The largest absolute Gasteiger partial charge is 0.382 e. The molecule has 10 rings (SSSR count). The van der Waals surface area contributed by atoms with Crippen LogP contribution in [0.25, 0.3) is 44.9 Å². The summed E-state index contributed by atoms with van der Waals surface area (Å²) in [6.45, 7) is 33.7. The molecule has 6 heterocycles. The number of primary amides is 1. The number of rotatable bonds is 42. The predicted molar refractivity (Wildman–Crippen MR) is 476 cm³/mol. The molecule has 28 nitrogen and oxygen atoms in total. The summed E-state index contributed by atoms with van der Waals surface area (Å²) in [5.74, 6) is 0.979. The van der Waals surface area contributed by atoms with Crippen LogP contribution >= 0.6 is 45.2 Å². The van der Waals surface area contributed by atoms with Crippen molar-refractivity contribution in [2.45, 2.75) is 184 Å². The molecule has 2 saturated carbocycles. The van der Waals surface area contributed by atoms with Crippen molar-refractivity contribution in [2.24, 2.45) is 5.73 Å². The van der Waals surface area contributed by atoms with E-state index in [9.17, 15) is 14.4 Å². The number of carbonyl (C=O) groups is 3. The first kappa shape index (κ1) is 93.7. The first-order chi connectivity index (χ1) is 54.2. The second-order valence-corrected chi connectivity index (χ2v) is 58.9. The van der Waals surface area contributed by atoms with E-state index in [4.69, 9.17) is 73.3 Å². The summed E-state index contributed by atoms with van der Waals surface area (Å²) in [5.41, 5.74) is 12.6. The van der Waals surface area contributed by atoms with Crippen LogP contribution in [0.2, 0.25) is 103 Å². The average molecular weight is 1870 g/mol. The van der Waals surface area contributed by atoms with Crippen LogP contribution in [0.1, 0.15) is 74.6 Å². The van der Waals surface area contributed by atoms with Crippen molar-refractivity contribution in [1.82, 2.24) is 59.0 Å². The van der Waals surface area contributed by atoms with Crippen LogP contribution in [-0.4, -0.2) is 244 Å². The lowest BCUT2D eigenvalue weighted by atomic mass is 9.76. The number of nitrogens with two attached hydrogens (primary N) is 1. The van der Waals surface area contributed by atoms with Gasteiger partial charge >= 0.3 is 0 Å². The van der Waals surface area contributed by atoms with Gasteiger partial charge < -0.3 is 62.9 Å². The first-order valence-corrected chi connectivity index (χ1v) is 56.4. The molecule has 0 atom stereocenters. The highest BCUT2D eigenvalue weighted by atomic mass is 127. The molecule has 0 aliphatic heterocycles. The molecular formula is C80H125I2N15O13Si4. The standard InChI is InChI=1S/C38H56IN7O6Si2.C37H56IN7O5Si2.C5H13NO2/c1-49-17-18-52-38(37(48)40-26-47)15-13-29(14-16-38)34-33(39)36(44(27-50-19-21-53(2,3)4)28-51-20-22-54(5,6)7)46-35(43-34)32(24-42-46)30-23-41-45(25-30)31-11-9-8-10-12-31;1-47-17-18-50-37(36(39)46)15-13-28(14-16-37)33-32(38)35(43(26-48-19-21-51(2,3)4)27-49-20-22-52(5,6)7)45-34(42-33)31(24-41-45)29-23-40-44(25-29)30-11-9-8-10-12-30;1-6(2)5(7-3)8-4/h8-12,23-26,29H,13-22,27-28H2,1-7H3,(H,40,47,48);8-12,23-25,28H,13-22,26-27H2,1-7H3,(H2,39,46);5H,1-4H3. The van der Waals surface area contributed by atoms with Crippen molar-refractivity contribution >= 4 is 119 Å². The lowest BCUT2D eigenvalue weighted by Gasteiger charge is -2.38. The minimum absolute atomic E-state index is 0.0149. The Morgan fingerprint density at radius 1 is 0.526 bits per heavy atom. The number of hydrogen-bond acceptors (Lipinski definition) is 22. The predicted octanol–water partition coefficient (Wildman–Crippen LogP) is 14.2. The molecule has 2 aromatic carbocycles. The van der Waals surface area contributed by atoms with Crippen LogP contribution in [0.3, 0.4) is 0 Å².